The predicted molar refractivity (Wildman–Crippen MR) is 99.2 cm³/mol. The lowest BCUT2D eigenvalue weighted by atomic mass is 10.1. The van der Waals surface area contributed by atoms with Gasteiger partial charge in [0.25, 0.3) is 0 Å². The molecule has 8 heteroatoms. The Balaban J connectivity index is 2.82. The quantitative estimate of drug-likeness (QED) is 0.527. The molecule has 0 aliphatic carbocycles. The minimum absolute atomic E-state index is 0.0579. The average Bonchev–Trinajstić information content (AvgIpc) is 2.61. The molecule has 3 N–H and O–H groups in total. The van der Waals surface area contributed by atoms with Gasteiger partial charge in [-0.2, -0.15) is 0 Å². The van der Waals surface area contributed by atoms with Crippen molar-refractivity contribution in [2.24, 2.45) is 5.92 Å². The molecule has 1 rings (SSSR count). The Kier molecular flexibility index (Phi) is 9.29. The summed E-state index contributed by atoms with van der Waals surface area (Å²) in [4.78, 5) is 37.0. The molecule has 27 heavy (non-hydrogen) atoms. The maximum Gasteiger partial charge on any atom is 0.336 e. The second-order valence-electron chi connectivity index (χ2n) is 6.60. The molecule has 0 unspecified atom stereocenters. The molecule has 0 aliphatic rings. The second kappa shape index (κ2) is 11.2. The summed E-state index contributed by atoms with van der Waals surface area (Å²) < 4.78 is 4.75. The van der Waals surface area contributed by atoms with Crippen molar-refractivity contribution >= 4 is 18.0 Å². The van der Waals surface area contributed by atoms with E-state index in [2.05, 4.69) is 5.32 Å². The Morgan fingerprint density at radius 2 is 1.78 bits per heavy atom. The van der Waals surface area contributed by atoms with Crippen LogP contribution in [-0.2, 0) is 20.7 Å². The lowest BCUT2D eigenvalue weighted by Crippen LogP contribution is -2.52. The van der Waals surface area contributed by atoms with Gasteiger partial charge in [-0.3, -0.25) is 0 Å². The highest BCUT2D eigenvalue weighted by Crippen LogP contribution is 2.07. The van der Waals surface area contributed by atoms with Gasteiger partial charge in [0.1, 0.15) is 6.04 Å². The number of aliphatic carboxylic acids is 1. The molecule has 0 bridgehead atoms. The normalized spacial score (nSPS) is 12.9. The third-order valence-corrected chi connectivity index (χ3v) is 3.70. The van der Waals surface area contributed by atoms with E-state index in [0.717, 1.165) is 5.56 Å². The molecule has 1 aromatic rings. The minimum atomic E-state index is -1.49. The third-order valence-electron chi connectivity index (χ3n) is 3.70. The average molecular weight is 380 g/mol. The monoisotopic (exact) mass is 380 g/mol. The molecule has 1 aromatic carbocycles. The zero-order valence-electron chi connectivity index (χ0n) is 15.9. The number of carboxylic acids is 1. The molecule has 0 aromatic heterocycles. The van der Waals surface area contributed by atoms with Crippen LogP contribution >= 0.6 is 0 Å². The first kappa shape index (κ1) is 22.4. The van der Waals surface area contributed by atoms with Gasteiger partial charge in [0.05, 0.1) is 13.2 Å². The SMILES string of the molecule is CCOC(=O)[C@@H](O)CN(CC(C)C)C(=O)N[C@@H](Cc1ccccc1)C(=O)O. The Labute approximate surface area is 159 Å². The molecular weight excluding hydrogens is 352 g/mol. The summed E-state index contributed by atoms with van der Waals surface area (Å²) in [5.41, 5.74) is 0.771. The van der Waals surface area contributed by atoms with E-state index in [1.54, 1.807) is 31.2 Å². The van der Waals surface area contributed by atoms with Crippen molar-refractivity contribution in [1.82, 2.24) is 10.2 Å². The zero-order valence-corrected chi connectivity index (χ0v) is 15.9. The largest absolute Gasteiger partial charge is 0.480 e. The standard InChI is InChI=1S/C19H28N2O6/c1-4-27-18(25)16(22)12-21(11-13(2)3)19(26)20-15(17(23)24)10-14-8-6-5-7-9-14/h5-9,13,15-16,22H,4,10-12H2,1-3H3,(H,20,26)(H,23,24)/t15-,16-/m0/s1. The van der Waals surface area contributed by atoms with Crippen LogP contribution < -0.4 is 5.32 Å². The lowest BCUT2D eigenvalue weighted by Gasteiger charge is -2.28. The predicted octanol–water partition coefficient (Wildman–Crippen LogP) is 1.27. The molecule has 0 saturated carbocycles. The van der Waals surface area contributed by atoms with Crippen LogP contribution in [0.4, 0.5) is 4.79 Å². The van der Waals surface area contributed by atoms with E-state index in [4.69, 9.17) is 4.74 Å². The Hall–Kier alpha value is -2.61. The number of rotatable bonds is 10. The molecule has 0 fully saturated rings. The highest BCUT2D eigenvalue weighted by Gasteiger charge is 2.27. The number of urea groups is 1. The number of nitrogens with zero attached hydrogens (tertiary/aromatic N) is 1. The van der Waals surface area contributed by atoms with Crippen molar-refractivity contribution < 1.29 is 29.3 Å². The molecule has 8 nitrogen and oxygen atoms in total. The fourth-order valence-electron chi connectivity index (χ4n) is 2.49. The maximum absolute atomic E-state index is 12.6. The summed E-state index contributed by atoms with van der Waals surface area (Å²) in [6.45, 7) is 5.44. The van der Waals surface area contributed by atoms with Gasteiger partial charge in [0.2, 0.25) is 0 Å². The summed E-state index contributed by atoms with van der Waals surface area (Å²) in [5, 5.41) is 21.8. The lowest BCUT2D eigenvalue weighted by molar-refractivity contribution is -0.153. The van der Waals surface area contributed by atoms with Gasteiger partial charge in [-0.15, -0.1) is 0 Å². The molecule has 2 amide bonds. The molecular formula is C19H28N2O6. The number of aliphatic hydroxyl groups is 1. The van der Waals surface area contributed by atoms with Crippen molar-refractivity contribution in [3.63, 3.8) is 0 Å². The number of carboxylic acid groups (broad SMARTS) is 1. The van der Waals surface area contributed by atoms with Crippen molar-refractivity contribution in [1.29, 1.82) is 0 Å². The molecule has 0 saturated heterocycles. The van der Waals surface area contributed by atoms with E-state index in [1.807, 2.05) is 19.9 Å². The summed E-state index contributed by atoms with van der Waals surface area (Å²) in [7, 11) is 0. The van der Waals surface area contributed by atoms with Crippen LogP contribution in [0, 0.1) is 5.92 Å². The van der Waals surface area contributed by atoms with Gasteiger partial charge in [-0.25, -0.2) is 14.4 Å². The molecule has 0 heterocycles. The maximum atomic E-state index is 12.6. The van der Waals surface area contributed by atoms with Crippen molar-refractivity contribution in [2.75, 3.05) is 19.7 Å². The number of hydrogen-bond acceptors (Lipinski definition) is 5. The number of carbonyl (C=O) groups excluding carboxylic acids is 2. The molecule has 0 radical (unpaired) electrons. The van der Waals surface area contributed by atoms with Crippen LogP contribution in [0.2, 0.25) is 0 Å². The first-order valence-corrected chi connectivity index (χ1v) is 8.91. The number of aliphatic hydroxyl groups excluding tert-OH is 1. The van der Waals surface area contributed by atoms with E-state index >= 15 is 0 Å². The van der Waals surface area contributed by atoms with Gasteiger partial charge in [-0.1, -0.05) is 44.2 Å². The molecule has 2 atom stereocenters. The highest BCUT2D eigenvalue weighted by atomic mass is 16.5. The number of carbonyl (C=O) groups is 3. The Morgan fingerprint density at radius 3 is 2.30 bits per heavy atom. The van der Waals surface area contributed by atoms with Crippen molar-refractivity contribution in [3.8, 4) is 0 Å². The van der Waals surface area contributed by atoms with Gasteiger partial charge in [-0.05, 0) is 18.4 Å². The fraction of sp³-hybridized carbons (Fsp3) is 0.526. The topological polar surface area (TPSA) is 116 Å². The number of amides is 2. The van der Waals surface area contributed by atoms with Crippen LogP contribution in [0.1, 0.15) is 26.3 Å². The van der Waals surface area contributed by atoms with Gasteiger partial charge in [0.15, 0.2) is 6.10 Å². The number of hydrogen-bond donors (Lipinski definition) is 3. The fourth-order valence-corrected chi connectivity index (χ4v) is 2.49. The van der Waals surface area contributed by atoms with Crippen molar-refractivity contribution in [2.45, 2.75) is 39.3 Å². The van der Waals surface area contributed by atoms with Gasteiger partial charge in [0, 0.05) is 13.0 Å². The Bertz CT molecular complexity index is 620. The first-order valence-electron chi connectivity index (χ1n) is 8.91. The van der Waals surface area contributed by atoms with Gasteiger partial charge >= 0.3 is 18.0 Å². The van der Waals surface area contributed by atoms with Crippen LogP contribution in [0.15, 0.2) is 30.3 Å². The van der Waals surface area contributed by atoms with E-state index in [9.17, 15) is 24.6 Å². The van der Waals surface area contributed by atoms with E-state index in [-0.39, 0.29) is 32.0 Å². The van der Waals surface area contributed by atoms with E-state index in [1.165, 1.54) is 4.90 Å². The van der Waals surface area contributed by atoms with Gasteiger partial charge < -0.3 is 25.2 Å². The van der Waals surface area contributed by atoms with Crippen molar-refractivity contribution in [3.05, 3.63) is 35.9 Å². The summed E-state index contributed by atoms with van der Waals surface area (Å²) in [6.07, 6.45) is -1.37. The van der Waals surface area contributed by atoms with E-state index < -0.39 is 30.1 Å². The Morgan fingerprint density at radius 1 is 1.15 bits per heavy atom. The smallest absolute Gasteiger partial charge is 0.336 e. The molecule has 0 spiro atoms. The molecule has 0 aliphatic heterocycles. The number of benzene rings is 1. The minimum Gasteiger partial charge on any atom is -0.480 e. The number of esters is 1. The zero-order chi connectivity index (χ0) is 20.4. The number of ether oxygens (including phenoxy) is 1. The van der Waals surface area contributed by atoms with Crippen LogP contribution in [0.25, 0.3) is 0 Å². The second-order valence-corrected chi connectivity index (χ2v) is 6.60. The van der Waals surface area contributed by atoms with E-state index in [0.29, 0.717) is 0 Å². The summed E-state index contributed by atoms with van der Waals surface area (Å²) >= 11 is 0. The number of nitrogens with one attached hydrogen (secondary N) is 1. The molecule has 150 valence electrons. The van der Waals surface area contributed by atoms with Crippen LogP contribution in [-0.4, -0.2) is 64.9 Å². The summed E-state index contributed by atoms with van der Waals surface area (Å²) in [6, 6.07) is 7.16. The van der Waals surface area contributed by atoms with Crippen LogP contribution in [0.5, 0.6) is 0 Å². The highest BCUT2D eigenvalue weighted by molar-refractivity contribution is 5.83. The summed E-state index contributed by atoms with van der Waals surface area (Å²) in [5.74, 6) is -1.93. The van der Waals surface area contributed by atoms with Crippen LogP contribution in [0.3, 0.4) is 0 Å². The first-order chi connectivity index (χ1) is 12.7. The third kappa shape index (κ3) is 8.08.